The molecule has 6 nitrogen and oxygen atoms in total. The highest BCUT2D eigenvalue weighted by atomic mass is 32.2. The molecule has 33 heavy (non-hydrogen) atoms. The van der Waals surface area contributed by atoms with E-state index in [1.807, 2.05) is 6.92 Å². The second kappa shape index (κ2) is 11.8. The van der Waals surface area contributed by atoms with Crippen LogP contribution >= 0.6 is 24.0 Å². The Morgan fingerprint density at radius 1 is 1.21 bits per heavy atom. The Morgan fingerprint density at radius 2 is 1.94 bits per heavy atom. The summed E-state index contributed by atoms with van der Waals surface area (Å²) in [6, 6.07) is 13.3. The highest BCUT2D eigenvalue weighted by Gasteiger charge is 2.32. The van der Waals surface area contributed by atoms with Gasteiger partial charge in [0, 0.05) is 24.2 Å². The van der Waals surface area contributed by atoms with Crippen molar-refractivity contribution in [3.63, 3.8) is 0 Å². The second-order valence-corrected chi connectivity index (χ2v) is 8.53. The maximum absolute atomic E-state index is 12.8. The van der Waals surface area contributed by atoms with Gasteiger partial charge in [0.15, 0.2) is 0 Å². The molecule has 10 heteroatoms. The number of hydrogen-bond acceptors (Lipinski definition) is 6. The topological polar surface area (TPSA) is 67.9 Å². The summed E-state index contributed by atoms with van der Waals surface area (Å²) >= 11 is 6.38. The molecular weight excluding hydrogens is 470 g/mol. The Hall–Kier alpha value is -2.98. The van der Waals surface area contributed by atoms with Gasteiger partial charge in [-0.3, -0.25) is 14.5 Å². The van der Waals surface area contributed by atoms with Crippen molar-refractivity contribution < 1.29 is 27.8 Å². The van der Waals surface area contributed by atoms with Crippen molar-refractivity contribution in [2.24, 2.45) is 0 Å². The van der Waals surface area contributed by atoms with Crippen molar-refractivity contribution in [2.75, 3.05) is 18.5 Å². The molecule has 2 aromatic rings. The number of amides is 2. The Labute approximate surface area is 199 Å². The molecule has 0 atom stereocenters. The van der Waals surface area contributed by atoms with E-state index in [-0.39, 0.29) is 30.5 Å². The van der Waals surface area contributed by atoms with Gasteiger partial charge in [-0.2, -0.15) is 8.78 Å². The van der Waals surface area contributed by atoms with Crippen LogP contribution in [0, 0.1) is 0 Å². The molecule has 0 unspecified atom stereocenters. The third-order valence-corrected chi connectivity index (χ3v) is 5.91. The molecule has 1 N–H and O–H groups in total. The summed E-state index contributed by atoms with van der Waals surface area (Å²) in [6.45, 7) is -0.241. The number of halogens is 2. The zero-order valence-electron chi connectivity index (χ0n) is 17.8. The van der Waals surface area contributed by atoms with Crippen LogP contribution in [0.2, 0.25) is 0 Å². The molecule has 174 valence electrons. The highest BCUT2D eigenvalue weighted by molar-refractivity contribution is 8.26. The summed E-state index contributed by atoms with van der Waals surface area (Å²) in [5.74, 6) is 0.187. The fourth-order valence-corrected chi connectivity index (χ4v) is 4.36. The number of carbonyl (C=O) groups excluding carboxylic acids is 2. The first-order chi connectivity index (χ1) is 15.9. The summed E-state index contributed by atoms with van der Waals surface area (Å²) in [4.78, 5) is 26.7. The van der Waals surface area contributed by atoms with Crippen LogP contribution in [0.5, 0.6) is 11.5 Å². The minimum absolute atomic E-state index is 0.0243. The van der Waals surface area contributed by atoms with Crippen molar-refractivity contribution in [2.45, 2.75) is 26.4 Å². The van der Waals surface area contributed by atoms with E-state index >= 15 is 0 Å². The van der Waals surface area contributed by atoms with E-state index < -0.39 is 6.61 Å². The van der Waals surface area contributed by atoms with Gasteiger partial charge in [-0.1, -0.05) is 42.2 Å². The molecule has 1 aliphatic heterocycles. The van der Waals surface area contributed by atoms with E-state index in [2.05, 4.69) is 10.1 Å². The average molecular weight is 493 g/mol. The zero-order valence-corrected chi connectivity index (χ0v) is 19.4. The Kier molecular flexibility index (Phi) is 8.79. The average Bonchev–Trinajstić information content (AvgIpc) is 3.03. The van der Waals surface area contributed by atoms with Gasteiger partial charge in [-0.15, -0.1) is 0 Å². The van der Waals surface area contributed by atoms with Gasteiger partial charge in [0.2, 0.25) is 5.91 Å². The second-order valence-electron chi connectivity index (χ2n) is 6.86. The maximum Gasteiger partial charge on any atom is 0.387 e. The summed E-state index contributed by atoms with van der Waals surface area (Å²) < 4.78 is 35.5. The number of benzene rings is 2. The van der Waals surface area contributed by atoms with Gasteiger partial charge in [0.05, 0.1) is 11.5 Å². The lowest BCUT2D eigenvalue weighted by Crippen LogP contribution is -2.29. The third-order valence-electron chi connectivity index (χ3n) is 4.53. The highest BCUT2D eigenvalue weighted by Crippen LogP contribution is 2.34. The summed E-state index contributed by atoms with van der Waals surface area (Å²) in [5.41, 5.74) is 1.01. The minimum Gasteiger partial charge on any atom is -0.494 e. The largest absolute Gasteiger partial charge is 0.494 e. The lowest BCUT2D eigenvalue weighted by molar-refractivity contribution is -0.122. The smallest absolute Gasteiger partial charge is 0.387 e. The van der Waals surface area contributed by atoms with Gasteiger partial charge in [-0.25, -0.2) is 0 Å². The number of ether oxygens (including phenoxy) is 2. The summed E-state index contributed by atoms with van der Waals surface area (Å²) in [6.07, 6.45) is 2.09. The van der Waals surface area contributed by atoms with E-state index in [0.29, 0.717) is 33.5 Å². The number of thiocarbonyl (C=S) groups is 1. The lowest BCUT2D eigenvalue weighted by atomic mass is 10.2. The lowest BCUT2D eigenvalue weighted by Gasteiger charge is -2.14. The van der Waals surface area contributed by atoms with Crippen molar-refractivity contribution in [1.82, 2.24) is 4.90 Å². The standard InChI is InChI=1S/C23H22F2N2O4S2/c1-2-30-17-11-9-16(10-12-17)26-20(28)8-5-13-27-21(29)19(33-23(27)32)14-15-6-3-4-7-18(15)31-22(24)25/h3-4,6-7,9-12,14,22H,2,5,8,13H2,1H3,(H,26,28)/b19-14+. The number of carbonyl (C=O) groups is 2. The number of para-hydroxylation sites is 1. The number of hydrogen-bond donors (Lipinski definition) is 1. The summed E-state index contributed by atoms with van der Waals surface area (Å²) in [5, 5.41) is 2.80. The fourth-order valence-electron chi connectivity index (χ4n) is 3.06. The molecule has 1 fully saturated rings. The van der Waals surface area contributed by atoms with Crippen LogP contribution in [0.1, 0.15) is 25.3 Å². The number of anilines is 1. The van der Waals surface area contributed by atoms with Crippen LogP contribution in [0.15, 0.2) is 53.4 Å². The van der Waals surface area contributed by atoms with Gasteiger partial charge in [-0.05, 0) is 49.8 Å². The number of nitrogens with one attached hydrogen (secondary N) is 1. The van der Waals surface area contributed by atoms with Crippen LogP contribution < -0.4 is 14.8 Å². The van der Waals surface area contributed by atoms with E-state index in [1.165, 1.54) is 17.0 Å². The summed E-state index contributed by atoms with van der Waals surface area (Å²) in [7, 11) is 0. The van der Waals surface area contributed by atoms with Gasteiger partial charge in [0.1, 0.15) is 15.8 Å². The molecule has 1 heterocycles. The molecule has 0 aromatic heterocycles. The quantitative estimate of drug-likeness (QED) is 0.358. The van der Waals surface area contributed by atoms with Crippen LogP contribution in [-0.2, 0) is 9.59 Å². The van der Waals surface area contributed by atoms with Crippen LogP contribution in [0.4, 0.5) is 14.5 Å². The Balaban J connectivity index is 1.54. The Morgan fingerprint density at radius 3 is 2.64 bits per heavy atom. The number of nitrogens with zero attached hydrogens (tertiary/aromatic N) is 1. The maximum atomic E-state index is 12.8. The molecule has 0 spiro atoms. The van der Waals surface area contributed by atoms with Gasteiger partial charge < -0.3 is 14.8 Å². The molecule has 2 amide bonds. The predicted molar refractivity (Wildman–Crippen MR) is 128 cm³/mol. The molecule has 3 rings (SSSR count). The van der Waals surface area contributed by atoms with Crippen LogP contribution in [0.25, 0.3) is 6.08 Å². The van der Waals surface area contributed by atoms with Gasteiger partial charge >= 0.3 is 6.61 Å². The SMILES string of the molecule is CCOc1ccc(NC(=O)CCCN2C(=O)/C(=C\c3ccccc3OC(F)F)SC2=S)cc1. The first-order valence-electron chi connectivity index (χ1n) is 10.2. The normalized spacial score (nSPS) is 14.8. The van der Waals surface area contributed by atoms with E-state index in [4.69, 9.17) is 17.0 Å². The zero-order chi connectivity index (χ0) is 23.8. The molecule has 0 bridgehead atoms. The molecule has 0 saturated carbocycles. The molecule has 2 aromatic carbocycles. The van der Waals surface area contributed by atoms with Crippen molar-refractivity contribution >= 4 is 51.9 Å². The molecular formula is C23H22F2N2O4S2. The van der Waals surface area contributed by atoms with Crippen LogP contribution in [-0.4, -0.2) is 40.8 Å². The van der Waals surface area contributed by atoms with E-state index in [0.717, 1.165) is 17.5 Å². The van der Waals surface area contributed by atoms with E-state index in [1.54, 1.807) is 42.5 Å². The molecule has 0 aliphatic carbocycles. The van der Waals surface area contributed by atoms with Crippen LogP contribution in [0.3, 0.4) is 0 Å². The van der Waals surface area contributed by atoms with E-state index in [9.17, 15) is 18.4 Å². The monoisotopic (exact) mass is 492 g/mol. The fraction of sp³-hybridized carbons (Fsp3) is 0.261. The molecule has 1 aliphatic rings. The predicted octanol–water partition coefficient (Wildman–Crippen LogP) is 5.31. The number of rotatable bonds is 10. The van der Waals surface area contributed by atoms with Crippen molar-refractivity contribution in [1.29, 1.82) is 0 Å². The molecule has 1 saturated heterocycles. The number of alkyl halides is 2. The third kappa shape index (κ3) is 7.00. The number of thioether (sulfide) groups is 1. The first-order valence-corrected chi connectivity index (χ1v) is 11.4. The van der Waals surface area contributed by atoms with Crippen molar-refractivity contribution in [3.8, 4) is 11.5 Å². The first kappa shape index (κ1) is 24.7. The minimum atomic E-state index is -2.97. The van der Waals surface area contributed by atoms with Gasteiger partial charge in [0.25, 0.3) is 5.91 Å². The molecule has 0 radical (unpaired) electrons. The van der Waals surface area contributed by atoms with Crippen molar-refractivity contribution in [3.05, 3.63) is 59.0 Å². The Bertz CT molecular complexity index is 1050.